The van der Waals surface area contributed by atoms with E-state index >= 15 is 0 Å². The molecule has 1 aromatic carbocycles. The molecule has 0 bridgehead atoms. The Kier molecular flexibility index (Phi) is 5.32. The summed E-state index contributed by atoms with van der Waals surface area (Å²) in [5.41, 5.74) is -0.273. The van der Waals surface area contributed by atoms with E-state index in [0.29, 0.717) is 23.7 Å². The van der Waals surface area contributed by atoms with E-state index in [4.69, 9.17) is 11.6 Å². The normalized spacial score (nSPS) is 11.9. The van der Waals surface area contributed by atoms with Gasteiger partial charge < -0.3 is 5.11 Å². The van der Waals surface area contributed by atoms with Gasteiger partial charge in [0.2, 0.25) is 0 Å². The SMILES string of the molecule is CCN(CC(=O)c1ccccc1Cl)CC(C)(C)O. The molecule has 0 aromatic heterocycles. The molecule has 1 N–H and O–H groups in total. The summed E-state index contributed by atoms with van der Waals surface area (Å²) in [6.07, 6.45) is 0. The number of halogens is 1. The number of likely N-dealkylation sites (N-methyl/N-ethyl adjacent to an activating group) is 1. The molecule has 0 heterocycles. The summed E-state index contributed by atoms with van der Waals surface area (Å²) in [5, 5.41) is 10.3. The van der Waals surface area contributed by atoms with Gasteiger partial charge in [0.05, 0.1) is 17.2 Å². The molecule has 3 nitrogen and oxygen atoms in total. The van der Waals surface area contributed by atoms with Crippen molar-refractivity contribution in [1.82, 2.24) is 4.90 Å². The average Bonchev–Trinajstić information content (AvgIpc) is 2.26. The first-order valence-corrected chi connectivity index (χ1v) is 6.43. The maximum Gasteiger partial charge on any atom is 0.178 e. The quantitative estimate of drug-likeness (QED) is 0.807. The van der Waals surface area contributed by atoms with Crippen LogP contribution in [-0.4, -0.2) is 41.0 Å². The third-order valence-corrected chi connectivity index (χ3v) is 2.93. The maximum atomic E-state index is 12.1. The maximum absolute atomic E-state index is 12.1. The van der Waals surface area contributed by atoms with E-state index in [0.717, 1.165) is 0 Å². The van der Waals surface area contributed by atoms with Crippen LogP contribution >= 0.6 is 11.6 Å². The highest BCUT2D eigenvalue weighted by atomic mass is 35.5. The van der Waals surface area contributed by atoms with Gasteiger partial charge in [0.1, 0.15) is 0 Å². The second-order valence-electron chi connectivity index (χ2n) is 5.02. The van der Waals surface area contributed by atoms with Gasteiger partial charge in [-0.3, -0.25) is 9.69 Å². The third kappa shape index (κ3) is 4.77. The topological polar surface area (TPSA) is 40.5 Å². The van der Waals surface area contributed by atoms with Crippen LogP contribution in [0.5, 0.6) is 0 Å². The molecule has 0 aliphatic heterocycles. The zero-order chi connectivity index (χ0) is 13.8. The van der Waals surface area contributed by atoms with Crippen LogP contribution in [0.3, 0.4) is 0 Å². The average molecular weight is 270 g/mol. The Labute approximate surface area is 113 Å². The summed E-state index contributed by atoms with van der Waals surface area (Å²) >= 11 is 5.99. The molecule has 0 aliphatic carbocycles. The first-order valence-electron chi connectivity index (χ1n) is 6.06. The number of ketones is 1. The number of Topliss-reactive ketones (excluding diaryl/α,β-unsaturated/α-hetero) is 1. The number of aliphatic hydroxyl groups is 1. The van der Waals surface area contributed by atoms with Gasteiger partial charge in [-0.2, -0.15) is 0 Å². The Morgan fingerprint density at radius 1 is 1.39 bits per heavy atom. The zero-order valence-corrected chi connectivity index (χ0v) is 11.9. The van der Waals surface area contributed by atoms with Crippen LogP contribution < -0.4 is 0 Å². The highest BCUT2D eigenvalue weighted by Crippen LogP contribution is 2.16. The van der Waals surface area contributed by atoms with Crippen molar-refractivity contribution in [2.75, 3.05) is 19.6 Å². The monoisotopic (exact) mass is 269 g/mol. The van der Waals surface area contributed by atoms with E-state index in [1.807, 2.05) is 11.8 Å². The Balaban J connectivity index is 2.71. The van der Waals surface area contributed by atoms with Crippen LogP contribution in [0.25, 0.3) is 0 Å². The Bertz CT molecular complexity index is 413. The lowest BCUT2D eigenvalue weighted by Gasteiger charge is -2.27. The lowest BCUT2D eigenvalue weighted by molar-refractivity contribution is 0.0376. The largest absolute Gasteiger partial charge is 0.389 e. The van der Waals surface area contributed by atoms with Gasteiger partial charge in [-0.25, -0.2) is 0 Å². The number of hydrogen-bond acceptors (Lipinski definition) is 3. The van der Waals surface area contributed by atoms with Gasteiger partial charge in [0.25, 0.3) is 0 Å². The molecule has 0 unspecified atom stereocenters. The van der Waals surface area contributed by atoms with Crippen LogP contribution in [0.4, 0.5) is 0 Å². The van der Waals surface area contributed by atoms with Crippen molar-refractivity contribution in [2.45, 2.75) is 26.4 Å². The minimum atomic E-state index is -0.809. The fraction of sp³-hybridized carbons (Fsp3) is 0.500. The first kappa shape index (κ1) is 15.2. The highest BCUT2D eigenvalue weighted by molar-refractivity contribution is 6.34. The number of rotatable bonds is 6. The fourth-order valence-electron chi connectivity index (χ4n) is 1.80. The molecule has 0 fully saturated rings. The predicted octanol–water partition coefficient (Wildman–Crippen LogP) is 2.62. The summed E-state index contributed by atoms with van der Waals surface area (Å²) < 4.78 is 0. The molecule has 4 heteroatoms. The van der Waals surface area contributed by atoms with E-state index in [1.165, 1.54) is 0 Å². The Morgan fingerprint density at radius 2 is 2.00 bits per heavy atom. The van der Waals surface area contributed by atoms with Crippen molar-refractivity contribution in [3.05, 3.63) is 34.9 Å². The van der Waals surface area contributed by atoms with Crippen molar-refractivity contribution in [3.8, 4) is 0 Å². The highest BCUT2D eigenvalue weighted by Gasteiger charge is 2.20. The number of nitrogens with zero attached hydrogens (tertiary/aromatic N) is 1. The standard InChI is InChI=1S/C14H20ClNO2/c1-4-16(10-14(2,3)18)9-13(17)11-7-5-6-8-12(11)15/h5-8,18H,4,9-10H2,1-3H3. The minimum absolute atomic E-state index is 0.0216. The zero-order valence-electron chi connectivity index (χ0n) is 11.1. The Morgan fingerprint density at radius 3 is 2.50 bits per heavy atom. The van der Waals surface area contributed by atoms with Gasteiger partial charge in [0.15, 0.2) is 5.78 Å². The lowest BCUT2D eigenvalue weighted by Crippen LogP contribution is -2.41. The van der Waals surface area contributed by atoms with Crippen molar-refractivity contribution >= 4 is 17.4 Å². The van der Waals surface area contributed by atoms with Crippen LogP contribution in [-0.2, 0) is 0 Å². The van der Waals surface area contributed by atoms with E-state index in [1.54, 1.807) is 38.1 Å². The van der Waals surface area contributed by atoms with Gasteiger partial charge in [-0.05, 0) is 32.5 Å². The molecule has 1 rings (SSSR count). The number of carbonyl (C=O) groups is 1. The van der Waals surface area contributed by atoms with Gasteiger partial charge >= 0.3 is 0 Å². The summed E-state index contributed by atoms with van der Waals surface area (Å²) in [6, 6.07) is 7.03. The molecule has 0 spiro atoms. The molecule has 1 aromatic rings. The van der Waals surface area contributed by atoms with Crippen LogP contribution in [0.1, 0.15) is 31.1 Å². The third-order valence-electron chi connectivity index (χ3n) is 2.60. The van der Waals surface area contributed by atoms with E-state index < -0.39 is 5.60 Å². The van der Waals surface area contributed by atoms with Crippen LogP contribution in [0, 0.1) is 0 Å². The second kappa shape index (κ2) is 6.32. The molecular formula is C14H20ClNO2. The van der Waals surface area contributed by atoms with Crippen LogP contribution in [0.15, 0.2) is 24.3 Å². The molecule has 100 valence electrons. The fourth-order valence-corrected chi connectivity index (χ4v) is 2.04. The molecule has 18 heavy (non-hydrogen) atoms. The summed E-state index contributed by atoms with van der Waals surface area (Å²) in [6.45, 7) is 6.86. The summed E-state index contributed by atoms with van der Waals surface area (Å²) in [7, 11) is 0. The van der Waals surface area contributed by atoms with Crippen molar-refractivity contribution in [3.63, 3.8) is 0 Å². The lowest BCUT2D eigenvalue weighted by atomic mass is 10.1. The predicted molar refractivity (Wildman–Crippen MR) is 74.2 cm³/mol. The van der Waals surface area contributed by atoms with Crippen LogP contribution in [0.2, 0.25) is 5.02 Å². The van der Waals surface area contributed by atoms with Crippen molar-refractivity contribution < 1.29 is 9.90 Å². The number of carbonyl (C=O) groups excluding carboxylic acids is 1. The molecule has 0 amide bonds. The number of hydrogen-bond donors (Lipinski definition) is 1. The first-order chi connectivity index (χ1) is 8.33. The molecular weight excluding hydrogens is 250 g/mol. The minimum Gasteiger partial charge on any atom is -0.389 e. The molecule has 0 saturated heterocycles. The number of benzene rings is 1. The van der Waals surface area contributed by atoms with E-state index in [2.05, 4.69) is 0 Å². The van der Waals surface area contributed by atoms with Gasteiger partial charge in [-0.15, -0.1) is 0 Å². The van der Waals surface area contributed by atoms with Crippen molar-refractivity contribution in [2.24, 2.45) is 0 Å². The van der Waals surface area contributed by atoms with Gasteiger partial charge in [-0.1, -0.05) is 30.7 Å². The molecule has 0 saturated carbocycles. The summed E-state index contributed by atoms with van der Waals surface area (Å²) in [5.74, 6) is -0.0216. The molecule has 0 aliphatic rings. The van der Waals surface area contributed by atoms with Gasteiger partial charge in [0, 0.05) is 12.1 Å². The Hall–Kier alpha value is -0.900. The molecule has 0 radical (unpaired) electrons. The summed E-state index contributed by atoms with van der Waals surface area (Å²) in [4.78, 5) is 14.0. The molecule has 0 atom stereocenters. The second-order valence-corrected chi connectivity index (χ2v) is 5.43. The van der Waals surface area contributed by atoms with E-state index in [-0.39, 0.29) is 12.3 Å². The smallest absolute Gasteiger partial charge is 0.178 e. The van der Waals surface area contributed by atoms with Crippen molar-refractivity contribution in [1.29, 1.82) is 0 Å². The van der Waals surface area contributed by atoms with E-state index in [9.17, 15) is 9.90 Å².